The fourth-order valence-electron chi connectivity index (χ4n) is 2.26. The molecule has 100 valence electrons. The Kier molecular flexibility index (Phi) is 4.43. The van der Waals surface area contributed by atoms with Gasteiger partial charge < -0.3 is 4.90 Å². The van der Waals surface area contributed by atoms with Gasteiger partial charge in [0.25, 0.3) is 0 Å². The number of alkyl halides is 1. The van der Waals surface area contributed by atoms with Gasteiger partial charge in [0.1, 0.15) is 5.82 Å². The zero-order valence-corrected chi connectivity index (χ0v) is 11.9. The molecular formula is C16H17ClFN. The molecule has 1 nitrogen and oxygen atoms in total. The first-order valence-corrected chi connectivity index (χ1v) is 6.88. The quantitative estimate of drug-likeness (QED) is 0.709. The highest BCUT2D eigenvalue weighted by Gasteiger charge is 2.13. The molecule has 0 bridgehead atoms. The monoisotopic (exact) mass is 277 g/mol. The number of hydrogen-bond acceptors (Lipinski definition) is 1. The summed E-state index contributed by atoms with van der Waals surface area (Å²) in [5, 5.41) is 0. The van der Waals surface area contributed by atoms with Gasteiger partial charge in [0.15, 0.2) is 0 Å². The van der Waals surface area contributed by atoms with Crippen LogP contribution in [0.1, 0.15) is 18.1 Å². The predicted octanol–water partition coefficient (Wildman–Crippen LogP) is 5.03. The van der Waals surface area contributed by atoms with E-state index >= 15 is 0 Å². The molecule has 0 aliphatic heterocycles. The number of para-hydroxylation sites is 1. The van der Waals surface area contributed by atoms with Crippen LogP contribution in [0, 0.1) is 12.7 Å². The number of anilines is 2. The third-order valence-electron chi connectivity index (χ3n) is 3.20. The molecule has 0 heterocycles. The van der Waals surface area contributed by atoms with E-state index < -0.39 is 0 Å². The van der Waals surface area contributed by atoms with Crippen LogP contribution >= 0.6 is 11.6 Å². The highest BCUT2D eigenvalue weighted by molar-refractivity contribution is 6.17. The highest BCUT2D eigenvalue weighted by Crippen LogP contribution is 2.31. The van der Waals surface area contributed by atoms with Gasteiger partial charge in [-0.3, -0.25) is 0 Å². The van der Waals surface area contributed by atoms with Gasteiger partial charge >= 0.3 is 0 Å². The molecule has 0 unspecified atom stereocenters. The lowest BCUT2D eigenvalue weighted by Crippen LogP contribution is -2.18. The van der Waals surface area contributed by atoms with Crippen molar-refractivity contribution in [2.45, 2.75) is 19.7 Å². The first-order valence-electron chi connectivity index (χ1n) is 6.35. The molecule has 0 saturated heterocycles. The molecular weight excluding hydrogens is 261 g/mol. The van der Waals surface area contributed by atoms with Crippen molar-refractivity contribution in [1.29, 1.82) is 0 Å². The number of aryl methyl sites for hydroxylation is 1. The van der Waals surface area contributed by atoms with Crippen molar-refractivity contribution in [3.05, 3.63) is 59.4 Å². The third-order valence-corrected chi connectivity index (χ3v) is 3.49. The van der Waals surface area contributed by atoms with E-state index in [0.717, 1.165) is 23.5 Å². The fourth-order valence-corrected chi connectivity index (χ4v) is 2.48. The van der Waals surface area contributed by atoms with Crippen molar-refractivity contribution in [2.75, 3.05) is 11.4 Å². The first-order chi connectivity index (χ1) is 9.17. The van der Waals surface area contributed by atoms with E-state index in [4.69, 9.17) is 11.6 Å². The second-order valence-corrected chi connectivity index (χ2v) is 4.70. The Hall–Kier alpha value is -1.54. The molecule has 2 aromatic rings. The van der Waals surface area contributed by atoms with Crippen LogP contribution in [0.4, 0.5) is 15.8 Å². The molecule has 0 aliphatic carbocycles. The number of benzene rings is 2. The van der Waals surface area contributed by atoms with Gasteiger partial charge in [-0.15, -0.1) is 11.6 Å². The Morgan fingerprint density at radius 3 is 2.47 bits per heavy atom. The summed E-state index contributed by atoms with van der Waals surface area (Å²) >= 11 is 5.94. The van der Waals surface area contributed by atoms with Crippen LogP contribution < -0.4 is 4.90 Å². The molecule has 0 amide bonds. The summed E-state index contributed by atoms with van der Waals surface area (Å²) in [5.74, 6) is 0.0513. The summed E-state index contributed by atoms with van der Waals surface area (Å²) in [6.45, 7) is 4.95. The van der Waals surface area contributed by atoms with Crippen molar-refractivity contribution in [2.24, 2.45) is 0 Å². The molecule has 0 fully saturated rings. The normalized spacial score (nSPS) is 10.5. The molecule has 0 aliphatic rings. The van der Waals surface area contributed by atoms with Crippen LogP contribution in [-0.2, 0) is 5.88 Å². The van der Waals surface area contributed by atoms with E-state index in [9.17, 15) is 4.39 Å². The number of halogens is 2. The molecule has 0 radical (unpaired) electrons. The third kappa shape index (κ3) is 2.90. The zero-order valence-electron chi connectivity index (χ0n) is 11.2. The molecule has 0 aromatic heterocycles. The number of hydrogen-bond donors (Lipinski definition) is 0. The average Bonchev–Trinajstić information content (AvgIpc) is 2.43. The van der Waals surface area contributed by atoms with Gasteiger partial charge in [0.2, 0.25) is 0 Å². The van der Waals surface area contributed by atoms with Gasteiger partial charge in [0, 0.05) is 23.8 Å². The van der Waals surface area contributed by atoms with Gasteiger partial charge in [-0.05, 0) is 49.2 Å². The lowest BCUT2D eigenvalue weighted by Gasteiger charge is -2.27. The molecule has 2 aromatic carbocycles. The molecule has 0 saturated carbocycles. The maximum Gasteiger partial charge on any atom is 0.123 e. The SMILES string of the molecule is CCN(c1ccccc1C)c1ccc(F)cc1CCl. The van der Waals surface area contributed by atoms with Crippen LogP contribution in [-0.4, -0.2) is 6.54 Å². The predicted molar refractivity (Wildman–Crippen MR) is 79.8 cm³/mol. The maximum atomic E-state index is 13.3. The fraction of sp³-hybridized carbons (Fsp3) is 0.250. The van der Waals surface area contributed by atoms with E-state index in [1.165, 1.54) is 17.7 Å². The van der Waals surface area contributed by atoms with Gasteiger partial charge in [-0.1, -0.05) is 18.2 Å². The summed E-state index contributed by atoms with van der Waals surface area (Å²) in [4.78, 5) is 2.16. The topological polar surface area (TPSA) is 3.24 Å². The lowest BCUT2D eigenvalue weighted by atomic mass is 10.1. The van der Waals surface area contributed by atoms with E-state index in [1.54, 1.807) is 6.07 Å². The van der Waals surface area contributed by atoms with Gasteiger partial charge in [0.05, 0.1) is 0 Å². The lowest BCUT2D eigenvalue weighted by molar-refractivity contribution is 0.626. The average molecular weight is 278 g/mol. The minimum atomic E-state index is -0.250. The number of rotatable bonds is 4. The zero-order chi connectivity index (χ0) is 13.8. The molecule has 2 rings (SSSR count). The molecule has 0 N–H and O–H groups in total. The smallest absolute Gasteiger partial charge is 0.123 e. The van der Waals surface area contributed by atoms with Crippen molar-refractivity contribution in [1.82, 2.24) is 0 Å². The van der Waals surface area contributed by atoms with Gasteiger partial charge in [-0.25, -0.2) is 4.39 Å². The summed E-state index contributed by atoms with van der Waals surface area (Å²) in [6, 6.07) is 12.9. The van der Waals surface area contributed by atoms with Crippen molar-refractivity contribution >= 4 is 23.0 Å². The van der Waals surface area contributed by atoms with E-state index in [2.05, 4.69) is 30.9 Å². The minimum Gasteiger partial charge on any atom is -0.341 e. The van der Waals surface area contributed by atoms with Crippen LogP contribution in [0.25, 0.3) is 0 Å². The molecule has 3 heteroatoms. The van der Waals surface area contributed by atoms with E-state index in [1.807, 2.05) is 12.1 Å². The Morgan fingerprint density at radius 2 is 1.84 bits per heavy atom. The van der Waals surface area contributed by atoms with Crippen LogP contribution in [0.5, 0.6) is 0 Å². The second-order valence-electron chi connectivity index (χ2n) is 4.44. The van der Waals surface area contributed by atoms with E-state index in [0.29, 0.717) is 5.88 Å². The van der Waals surface area contributed by atoms with E-state index in [-0.39, 0.29) is 5.82 Å². The Bertz CT molecular complexity index is 568. The first kappa shape index (κ1) is 13.9. The second kappa shape index (κ2) is 6.07. The minimum absolute atomic E-state index is 0.250. The summed E-state index contributed by atoms with van der Waals surface area (Å²) in [5.41, 5.74) is 4.09. The molecule has 0 spiro atoms. The standard InChI is InChI=1S/C16H17ClFN/c1-3-19(15-7-5-4-6-12(15)2)16-9-8-14(18)10-13(16)11-17/h4-10H,3,11H2,1-2H3. The summed E-state index contributed by atoms with van der Waals surface area (Å²) < 4.78 is 13.3. The summed E-state index contributed by atoms with van der Waals surface area (Å²) in [7, 11) is 0. The number of nitrogens with zero attached hydrogens (tertiary/aromatic N) is 1. The molecule has 19 heavy (non-hydrogen) atoms. The highest BCUT2D eigenvalue weighted by atomic mass is 35.5. The van der Waals surface area contributed by atoms with Crippen molar-refractivity contribution in [3.63, 3.8) is 0 Å². The maximum absolute atomic E-state index is 13.3. The molecule has 0 atom stereocenters. The van der Waals surface area contributed by atoms with Crippen LogP contribution in [0.3, 0.4) is 0 Å². The van der Waals surface area contributed by atoms with Crippen molar-refractivity contribution < 1.29 is 4.39 Å². The van der Waals surface area contributed by atoms with Crippen LogP contribution in [0.2, 0.25) is 0 Å². The largest absolute Gasteiger partial charge is 0.341 e. The Labute approximate surface area is 118 Å². The van der Waals surface area contributed by atoms with Crippen LogP contribution in [0.15, 0.2) is 42.5 Å². The summed E-state index contributed by atoms with van der Waals surface area (Å²) in [6.07, 6.45) is 0. The Morgan fingerprint density at radius 1 is 1.11 bits per heavy atom. The van der Waals surface area contributed by atoms with Gasteiger partial charge in [-0.2, -0.15) is 0 Å². The Balaban J connectivity index is 2.51. The van der Waals surface area contributed by atoms with Crippen molar-refractivity contribution in [3.8, 4) is 0 Å².